The molecule has 0 aromatic heterocycles. The van der Waals surface area contributed by atoms with Gasteiger partial charge in [0.15, 0.2) is 11.5 Å². The van der Waals surface area contributed by atoms with E-state index >= 15 is 0 Å². The number of aliphatic hydroxyl groups is 1. The third-order valence-corrected chi connectivity index (χ3v) is 8.11. The molecule has 196 valence electrons. The second kappa shape index (κ2) is 10.1. The van der Waals surface area contributed by atoms with E-state index in [2.05, 4.69) is 0 Å². The summed E-state index contributed by atoms with van der Waals surface area (Å²) >= 11 is 6.24. The van der Waals surface area contributed by atoms with Crippen molar-refractivity contribution >= 4 is 23.3 Å². The molecule has 1 saturated carbocycles. The highest BCUT2D eigenvalue weighted by molar-refractivity contribution is 6.30. The molecule has 0 bridgehead atoms. The van der Waals surface area contributed by atoms with Crippen LogP contribution in [0, 0.1) is 5.41 Å². The van der Waals surface area contributed by atoms with Crippen LogP contribution >= 0.6 is 11.6 Å². The lowest BCUT2D eigenvalue weighted by atomic mass is 9.92. The second-order valence-electron chi connectivity index (χ2n) is 10.4. The number of fused-ring (bicyclic) bond motifs is 1. The molecule has 1 amide bonds. The highest BCUT2D eigenvalue weighted by Gasteiger charge is 2.54. The number of ketones is 1. The minimum atomic E-state index is -1.19. The van der Waals surface area contributed by atoms with Crippen LogP contribution in [0.3, 0.4) is 0 Å². The van der Waals surface area contributed by atoms with Crippen LogP contribution in [-0.4, -0.2) is 34.9 Å². The van der Waals surface area contributed by atoms with Crippen molar-refractivity contribution in [1.29, 1.82) is 0 Å². The molecule has 6 rings (SSSR count). The topological polar surface area (TPSA) is 66.8 Å². The molecule has 1 aliphatic carbocycles. The summed E-state index contributed by atoms with van der Waals surface area (Å²) in [5, 5.41) is 10.6. The monoisotopic (exact) mass is 537 g/mol. The van der Waals surface area contributed by atoms with E-state index in [4.69, 9.17) is 16.3 Å². The van der Waals surface area contributed by atoms with Gasteiger partial charge in [-0.25, -0.2) is 0 Å². The van der Waals surface area contributed by atoms with E-state index in [0.29, 0.717) is 28.3 Å². The van der Waals surface area contributed by atoms with Crippen LogP contribution in [0.15, 0.2) is 103 Å². The molecule has 4 aromatic carbocycles. The number of benzene rings is 4. The molecule has 6 heteroatoms. The zero-order valence-electron chi connectivity index (χ0n) is 21.3. The summed E-state index contributed by atoms with van der Waals surface area (Å²) in [5.41, 5.74) is 2.73. The molecule has 1 N–H and O–H groups in total. The number of rotatable bonds is 9. The molecule has 39 heavy (non-hydrogen) atoms. The van der Waals surface area contributed by atoms with Gasteiger partial charge < -0.3 is 9.84 Å². The fourth-order valence-corrected chi connectivity index (χ4v) is 5.42. The van der Waals surface area contributed by atoms with Gasteiger partial charge in [-0.15, -0.1) is 0 Å². The van der Waals surface area contributed by atoms with Gasteiger partial charge in [0.25, 0.3) is 5.91 Å². The largest absolute Gasteiger partial charge is 0.396 e. The Morgan fingerprint density at radius 1 is 0.846 bits per heavy atom. The van der Waals surface area contributed by atoms with E-state index in [1.54, 1.807) is 41.3 Å². The summed E-state index contributed by atoms with van der Waals surface area (Å²) in [6.45, 7) is 0.618. The number of aliphatic hydroxyl groups excluding tert-OH is 1. The predicted molar refractivity (Wildman–Crippen MR) is 150 cm³/mol. The number of ether oxygens (including phenoxy) is 1. The summed E-state index contributed by atoms with van der Waals surface area (Å²) in [7, 11) is 0. The Kier molecular flexibility index (Phi) is 6.59. The molecule has 2 aliphatic rings. The average molecular weight is 538 g/mol. The van der Waals surface area contributed by atoms with Crippen LogP contribution in [0.25, 0.3) is 0 Å². The van der Waals surface area contributed by atoms with Crippen molar-refractivity contribution in [2.75, 3.05) is 13.2 Å². The minimum Gasteiger partial charge on any atom is -0.396 e. The van der Waals surface area contributed by atoms with Crippen molar-refractivity contribution in [2.24, 2.45) is 5.41 Å². The van der Waals surface area contributed by atoms with E-state index in [1.165, 1.54) is 0 Å². The predicted octanol–water partition coefficient (Wildman–Crippen LogP) is 6.22. The van der Waals surface area contributed by atoms with Crippen LogP contribution in [0.1, 0.15) is 55.8 Å². The third kappa shape index (κ3) is 4.57. The van der Waals surface area contributed by atoms with E-state index in [0.717, 1.165) is 29.5 Å². The first-order valence-corrected chi connectivity index (χ1v) is 13.4. The Labute approximate surface area is 232 Å². The van der Waals surface area contributed by atoms with Crippen LogP contribution in [0.4, 0.5) is 0 Å². The lowest BCUT2D eigenvalue weighted by molar-refractivity contribution is -0.128. The Morgan fingerprint density at radius 3 is 2.15 bits per heavy atom. The first-order valence-electron chi connectivity index (χ1n) is 13.1. The number of hydrogen-bond acceptors (Lipinski definition) is 4. The number of nitrogens with zero attached hydrogens (tertiary/aromatic N) is 1. The molecular weight excluding hydrogens is 510 g/mol. The van der Waals surface area contributed by atoms with Crippen molar-refractivity contribution in [2.45, 2.75) is 25.1 Å². The lowest BCUT2D eigenvalue weighted by Gasteiger charge is -2.40. The van der Waals surface area contributed by atoms with Crippen LogP contribution in [-0.2, 0) is 17.0 Å². The summed E-state index contributed by atoms with van der Waals surface area (Å²) in [6, 6.07) is 31.4. The normalized spacial score (nSPS) is 19.1. The van der Waals surface area contributed by atoms with Crippen LogP contribution in [0.5, 0.6) is 0 Å². The van der Waals surface area contributed by atoms with E-state index in [-0.39, 0.29) is 30.3 Å². The number of carbonyl (C=O) groups excluding carboxylic acids is 2. The molecular formula is C33H28ClNO4. The number of hydrogen-bond donors (Lipinski definition) is 1. The van der Waals surface area contributed by atoms with E-state index in [1.807, 2.05) is 66.7 Å². The molecule has 5 nitrogen and oxygen atoms in total. The molecule has 4 aromatic rings. The highest BCUT2D eigenvalue weighted by Crippen LogP contribution is 2.51. The summed E-state index contributed by atoms with van der Waals surface area (Å²) < 4.78 is 6.78. The smallest absolute Gasteiger partial charge is 0.257 e. The minimum absolute atomic E-state index is 0.0379. The molecule has 0 saturated heterocycles. The maximum atomic E-state index is 13.9. The fourth-order valence-electron chi connectivity index (χ4n) is 5.29. The van der Waals surface area contributed by atoms with Crippen molar-refractivity contribution < 1.29 is 19.4 Å². The molecule has 1 unspecified atom stereocenters. The Balaban J connectivity index is 1.39. The first kappa shape index (κ1) is 25.5. The molecule has 0 spiro atoms. The number of amides is 1. The number of halogens is 1. The van der Waals surface area contributed by atoms with Gasteiger partial charge >= 0.3 is 0 Å². The maximum absolute atomic E-state index is 13.9. The Bertz CT molecular complexity index is 1510. The quantitative estimate of drug-likeness (QED) is 0.257. The zero-order valence-corrected chi connectivity index (χ0v) is 22.1. The summed E-state index contributed by atoms with van der Waals surface area (Å²) in [5.74, 6) is -0.191. The van der Waals surface area contributed by atoms with Crippen molar-refractivity contribution in [3.8, 4) is 0 Å². The van der Waals surface area contributed by atoms with Crippen molar-refractivity contribution in [1.82, 2.24) is 4.90 Å². The molecule has 1 atom stereocenters. The standard InChI is InChI=1S/C33H28ClNO4/c34-27-16-14-26(15-17-27)33(39-22-32(21-36)18-19-32)29-9-5-4-8-28(29)31(38)35(33)20-23-10-12-25(13-11-23)30(37)24-6-2-1-3-7-24/h1-17,36H,18-22H2. The van der Waals surface area contributed by atoms with E-state index < -0.39 is 5.72 Å². The van der Waals surface area contributed by atoms with Gasteiger partial charge in [0.2, 0.25) is 0 Å². The lowest BCUT2D eigenvalue weighted by Crippen LogP contribution is -2.47. The van der Waals surface area contributed by atoms with Gasteiger partial charge in [0.1, 0.15) is 0 Å². The van der Waals surface area contributed by atoms with Crippen molar-refractivity contribution in [3.05, 3.63) is 142 Å². The zero-order chi connectivity index (χ0) is 27.0. The average Bonchev–Trinajstić information content (AvgIpc) is 3.74. The fraction of sp³-hybridized carbons (Fsp3) is 0.212. The first-order chi connectivity index (χ1) is 19.0. The third-order valence-electron chi connectivity index (χ3n) is 7.86. The molecule has 1 heterocycles. The van der Waals surface area contributed by atoms with Gasteiger partial charge in [-0.3, -0.25) is 14.5 Å². The molecule has 0 radical (unpaired) electrons. The second-order valence-corrected chi connectivity index (χ2v) is 10.9. The van der Waals surface area contributed by atoms with Gasteiger partial charge in [0, 0.05) is 44.8 Å². The van der Waals surface area contributed by atoms with Gasteiger partial charge in [-0.1, -0.05) is 96.5 Å². The highest BCUT2D eigenvalue weighted by atomic mass is 35.5. The summed E-state index contributed by atoms with van der Waals surface area (Å²) in [4.78, 5) is 28.6. The number of carbonyl (C=O) groups is 2. The summed E-state index contributed by atoms with van der Waals surface area (Å²) in [6.07, 6.45) is 1.76. The van der Waals surface area contributed by atoms with Crippen LogP contribution in [0.2, 0.25) is 5.02 Å². The van der Waals surface area contributed by atoms with Gasteiger partial charge in [0.05, 0.1) is 13.2 Å². The Hall–Kier alpha value is -3.77. The van der Waals surface area contributed by atoms with Gasteiger partial charge in [-0.2, -0.15) is 0 Å². The van der Waals surface area contributed by atoms with E-state index in [9.17, 15) is 14.7 Å². The van der Waals surface area contributed by atoms with Crippen molar-refractivity contribution in [3.63, 3.8) is 0 Å². The SMILES string of the molecule is O=C(c1ccccc1)c1ccc(CN2C(=O)c3ccccc3C2(OCC2(CO)CC2)c2ccc(Cl)cc2)cc1. The maximum Gasteiger partial charge on any atom is 0.257 e. The van der Waals surface area contributed by atoms with Gasteiger partial charge in [-0.05, 0) is 36.6 Å². The van der Waals surface area contributed by atoms with Crippen LogP contribution < -0.4 is 0 Å². The molecule has 1 aliphatic heterocycles. The Morgan fingerprint density at radius 2 is 1.49 bits per heavy atom. The molecule has 1 fully saturated rings.